The molecule has 0 aliphatic carbocycles. The predicted molar refractivity (Wildman–Crippen MR) is 112 cm³/mol. The van der Waals surface area contributed by atoms with Gasteiger partial charge in [0.25, 0.3) is 0 Å². The maximum absolute atomic E-state index is 12.5. The summed E-state index contributed by atoms with van der Waals surface area (Å²) in [6.07, 6.45) is 2.60. The maximum atomic E-state index is 12.5. The number of piperazine rings is 1. The van der Waals surface area contributed by atoms with Crippen molar-refractivity contribution in [1.29, 1.82) is 0 Å². The molecule has 2 saturated heterocycles. The van der Waals surface area contributed by atoms with E-state index in [-0.39, 0.29) is 6.03 Å². The normalized spacial score (nSPS) is 17.3. The molecule has 2 aromatic rings. The second kappa shape index (κ2) is 7.91. The summed E-state index contributed by atoms with van der Waals surface area (Å²) in [4.78, 5) is 19.2. The molecule has 2 aliphatic rings. The Morgan fingerprint density at radius 2 is 1.41 bits per heavy atom. The zero-order valence-electron chi connectivity index (χ0n) is 16.0. The fraction of sp³-hybridized carbons (Fsp3) is 0.409. The van der Waals surface area contributed by atoms with Gasteiger partial charge in [0.2, 0.25) is 0 Å². The van der Waals surface area contributed by atoms with Crippen LogP contribution in [0.3, 0.4) is 0 Å². The van der Waals surface area contributed by atoms with Gasteiger partial charge < -0.3 is 20.0 Å². The summed E-state index contributed by atoms with van der Waals surface area (Å²) >= 11 is 0. The minimum atomic E-state index is -0.00960. The molecule has 5 heteroatoms. The Kier molecular flexibility index (Phi) is 5.19. The molecule has 5 nitrogen and oxygen atoms in total. The lowest BCUT2D eigenvalue weighted by Gasteiger charge is -2.36. The van der Waals surface area contributed by atoms with Crippen LogP contribution < -0.4 is 15.1 Å². The summed E-state index contributed by atoms with van der Waals surface area (Å²) in [5, 5.41) is 3.01. The molecule has 2 heterocycles. The smallest absolute Gasteiger partial charge is 0.321 e. The molecule has 4 rings (SSSR count). The molecular weight excluding hydrogens is 336 g/mol. The van der Waals surface area contributed by atoms with E-state index in [2.05, 4.69) is 39.4 Å². The van der Waals surface area contributed by atoms with Crippen LogP contribution in [0.5, 0.6) is 0 Å². The zero-order chi connectivity index (χ0) is 18.6. The highest BCUT2D eigenvalue weighted by molar-refractivity contribution is 5.89. The number of aryl methyl sites for hydroxylation is 1. The summed E-state index contributed by atoms with van der Waals surface area (Å²) in [5.74, 6) is 0. The molecule has 1 N–H and O–H groups in total. The molecule has 142 valence electrons. The van der Waals surface area contributed by atoms with Gasteiger partial charge in [0, 0.05) is 56.3 Å². The van der Waals surface area contributed by atoms with E-state index in [1.54, 1.807) is 0 Å². The minimum Gasteiger partial charge on any atom is -0.372 e. The molecule has 0 spiro atoms. The first kappa shape index (κ1) is 17.7. The number of nitrogens with zero attached hydrogens (tertiary/aromatic N) is 3. The van der Waals surface area contributed by atoms with Crippen LogP contribution in [0, 0.1) is 6.92 Å². The predicted octanol–water partition coefficient (Wildman–Crippen LogP) is 3.95. The first-order chi connectivity index (χ1) is 13.2. The number of anilines is 3. The van der Waals surface area contributed by atoms with Crippen molar-refractivity contribution in [3.8, 4) is 0 Å². The third kappa shape index (κ3) is 4.18. The molecule has 0 atom stereocenters. The number of hydrogen-bond acceptors (Lipinski definition) is 3. The third-order valence-electron chi connectivity index (χ3n) is 5.52. The van der Waals surface area contributed by atoms with Gasteiger partial charge in [0.15, 0.2) is 0 Å². The Morgan fingerprint density at radius 1 is 0.815 bits per heavy atom. The van der Waals surface area contributed by atoms with Crippen molar-refractivity contribution in [2.45, 2.75) is 19.8 Å². The van der Waals surface area contributed by atoms with Crippen LogP contribution in [0.4, 0.5) is 21.9 Å². The Balaban J connectivity index is 1.31. The molecule has 27 heavy (non-hydrogen) atoms. The van der Waals surface area contributed by atoms with Gasteiger partial charge >= 0.3 is 6.03 Å². The Bertz CT molecular complexity index is 775. The molecule has 0 bridgehead atoms. The van der Waals surface area contributed by atoms with Crippen LogP contribution >= 0.6 is 0 Å². The quantitative estimate of drug-likeness (QED) is 0.896. The van der Waals surface area contributed by atoms with Gasteiger partial charge in [-0.05, 0) is 61.7 Å². The molecule has 0 unspecified atom stereocenters. The highest BCUT2D eigenvalue weighted by atomic mass is 16.2. The Labute approximate surface area is 161 Å². The monoisotopic (exact) mass is 364 g/mol. The fourth-order valence-electron chi connectivity index (χ4n) is 3.94. The van der Waals surface area contributed by atoms with E-state index in [1.165, 1.54) is 37.3 Å². The molecule has 2 aromatic carbocycles. The van der Waals surface area contributed by atoms with E-state index in [1.807, 2.05) is 36.1 Å². The number of urea groups is 1. The summed E-state index contributed by atoms with van der Waals surface area (Å²) < 4.78 is 0. The summed E-state index contributed by atoms with van der Waals surface area (Å²) in [6.45, 7) is 7.59. The number of benzene rings is 2. The standard InChI is InChI=1S/C22H28N4O/c1-18-5-4-6-19(17-18)23-22(27)26-15-13-25(14-16-26)21-9-7-20(8-10-21)24-11-2-3-12-24/h4-10,17H,2-3,11-16H2,1H3,(H,23,27). The molecule has 0 radical (unpaired) electrons. The second-order valence-corrected chi connectivity index (χ2v) is 7.48. The summed E-state index contributed by atoms with van der Waals surface area (Å²) in [5.41, 5.74) is 4.58. The zero-order valence-corrected chi connectivity index (χ0v) is 16.0. The third-order valence-corrected chi connectivity index (χ3v) is 5.52. The topological polar surface area (TPSA) is 38.8 Å². The van der Waals surface area contributed by atoms with Crippen molar-refractivity contribution < 1.29 is 4.79 Å². The lowest BCUT2D eigenvalue weighted by molar-refractivity contribution is 0.208. The van der Waals surface area contributed by atoms with Crippen molar-refractivity contribution in [3.05, 3.63) is 54.1 Å². The Hall–Kier alpha value is -2.69. The van der Waals surface area contributed by atoms with Crippen LogP contribution in [0.2, 0.25) is 0 Å². The lowest BCUT2D eigenvalue weighted by atomic mass is 10.2. The van der Waals surface area contributed by atoms with E-state index in [0.29, 0.717) is 0 Å². The Morgan fingerprint density at radius 3 is 2.00 bits per heavy atom. The van der Waals surface area contributed by atoms with Gasteiger partial charge in [-0.3, -0.25) is 0 Å². The average molecular weight is 364 g/mol. The van der Waals surface area contributed by atoms with E-state index < -0.39 is 0 Å². The summed E-state index contributed by atoms with van der Waals surface area (Å²) in [6, 6.07) is 16.8. The molecule has 0 saturated carbocycles. The first-order valence-corrected chi connectivity index (χ1v) is 9.92. The largest absolute Gasteiger partial charge is 0.372 e. The van der Waals surface area contributed by atoms with E-state index in [4.69, 9.17) is 0 Å². The summed E-state index contributed by atoms with van der Waals surface area (Å²) in [7, 11) is 0. The number of rotatable bonds is 3. The number of nitrogens with one attached hydrogen (secondary N) is 1. The SMILES string of the molecule is Cc1cccc(NC(=O)N2CCN(c3ccc(N4CCCC4)cc3)CC2)c1. The minimum absolute atomic E-state index is 0.00960. The van der Waals surface area contributed by atoms with Crippen LogP contribution in [0.1, 0.15) is 18.4 Å². The van der Waals surface area contributed by atoms with Gasteiger partial charge in [-0.25, -0.2) is 4.79 Å². The van der Waals surface area contributed by atoms with Crippen LogP contribution in [-0.2, 0) is 0 Å². The van der Waals surface area contributed by atoms with Crippen LogP contribution in [0.25, 0.3) is 0 Å². The first-order valence-electron chi connectivity index (χ1n) is 9.92. The van der Waals surface area contributed by atoms with Crippen molar-refractivity contribution in [2.75, 3.05) is 54.4 Å². The van der Waals surface area contributed by atoms with E-state index in [9.17, 15) is 4.79 Å². The number of amides is 2. The maximum Gasteiger partial charge on any atom is 0.321 e. The fourth-order valence-corrected chi connectivity index (χ4v) is 3.94. The average Bonchev–Trinajstić information content (AvgIpc) is 3.23. The number of carbonyl (C=O) groups is 1. The molecular formula is C22H28N4O. The van der Waals surface area contributed by atoms with Gasteiger partial charge in [-0.15, -0.1) is 0 Å². The van der Waals surface area contributed by atoms with E-state index >= 15 is 0 Å². The highest BCUT2D eigenvalue weighted by Gasteiger charge is 2.21. The highest BCUT2D eigenvalue weighted by Crippen LogP contribution is 2.24. The van der Waals surface area contributed by atoms with Crippen molar-refractivity contribution in [3.63, 3.8) is 0 Å². The molecule has 2 aliphatic heterocycles. The van der Waals surface area contributed by atoms with Crippen molar-refractivity contribution >= 4 is 23.1 Å². The van der Waals surface area contributed by atoms with Crippen LogP contribution in [0.15, 0.2) is 48.5 Å². The number of hydrogen-bond donors (Lipinski definition) is 1. The van der Waals surface area contributed by atoms with Gasteiger partial charge in [-0.2, -0.15) is 0 Å². The molecule has 2 amide bonds. The van der Waals surface area contributed by atoms with Gasteiger partial charge in [0.1, 0.15) is 0 Å². The van der Waals surface area contributed by atoms with Gasteiger partial charge in [0.05, 0.1) is 0 Å². The van der Waals surface area contributed by atoms with Gasteiger partial charge in [-0.1, -0.05) is 12.1 Å². The van der Waals surface area contributed by atoms with Crippen molar-refractivity contribution in [1.82, 2.24) is 4.90 Å². The number of carbonyl (C=O) groups excluding carboxylic acids is 1. The molecule has 0 aromatic heterocycles. The molecule has 2 fully saturated rings. The lowest BCUT2D eigenvalue weighted by Crippen LogP contribution is -2.50. The second-order valence-electron chi connectivity index (χ2n) is 7.48. The van der Waals surface area contributed by atoms with Crippen molar-refractivity contribution in [2.24, 2.45) is 0 Å². The van der Waals surface area contributed by atoms with E-state index in [0.717, 1.165) is 37.4 Å². The van der Waals surface area contributed by atoms with Crippen LogP contribution in [-0.4, -0.2) is 50.2 Å².